The molecule has 1 saturated carbocycles. The predicted octanol–water partition coefficient (Wildman–Crippen LogP) is -0.538. The maximum Gasteiger partial charge on any atom is 0.242 e. The van der Waals surface area contributed by atoms with Gasteiger partial charge in [0.2, 0.25) is 11.8 Å². The summed E-state index contributed by atoms with van der Waals surface area (Å²) >= 11 is 0. The summed E-state index contributed by atoms with van der Waals surface area (Å²) in [5, 5.41) is 2.72. The van der Waals surface area contributed by atoms with Crippen LogP contribution in [0.2, 0.25) is 0 Å². The number of likely N-dealkylation sites (N-methyl/N-ethyl adjacent to an activating group) is 1. The minimum Gasteiger partial charge on any atom is -0.355 e. The van der Waals surface area contributed by atoms with Gasteiger partial charge in [-0.3, -0.25) is 9.59 Å². The van der Waals surface area contributed by atoms with Crippen LogP contribution in [0.5, 0.6) is 0 Å². The van der Waals surface area contributed by atoms with Crippen molar-refractivity contribution in [3.05, 3.63) is 0 Å². The molecule has 0 heterocycles. The van der Waals surface area contributed by atoms with Crippen molar-refractivity contribution < 1.29 is 9.59 Å². The highest BCUT2D eigenvalue weighted by molar-refractivity contribution is 5.92. The molecule has 0 aromatic rings. The van der Waals surface area contributed by atoms with Gasteiger partial charge in [0.1, 0.15) is 0 Å². The largest absolute Gasteiger partial charge is 0.355 e. The summed E-state index contributed by atoms with van der Waals surface area (Å²) in [7, 11) is 1.61. The lowest BCUT2D eigenvalue weighted by Gasteiger charge is -2.20. The molecule has 0 saturated heterocycles. The van der Waals surface area contributed by atoms with Gasteiger partial charge in [0.25, 0.3) is 0 Å². The van der Waals surface area contributed by atoms with Gasteiger partial charge in [-0.1, -0.05) is 6.92 Å². The number of hydrogen-bond donors (Lipinski definition) is 2. The fourth-order valence-corrected chi connectivity index (χ4v) is 1.34. The standard InChI is InChI=1S/C10H19N3O2/c1-3-6-12-8(14)7-13(2)9(15)10(11)4-5-10/h3-7,11H2,1-2H3,(H,12,14). The Morgan fingerprint density at radius 2 is 2.07 bits per heavy atom. The van der Waals surface area contributed by atoms with E-state index in [9.17, 15) is 9.59 Å². The van der Waals surface area contributed by atoms with Gasteiger partial charge in [0, 0.05) is 13.6 Å². The first-order valence-corrected chi connectivity index (χ1v) is 5.31. The first kappa shape index (κ1) is 12.0. The number of carbonyl (C=O) groups is 2. The van der Waals surface area contributed by atoms with Crippen molar-refractivity contribution in [2.24, 2.45) is 5.73 Å². The van der Waals surface area contributed by atoms with Crippen LogP contribution in [0.25, 0.3) is 0 Å². The van der Waals surface area contributed by atoms with Gasteiger partial charge < -0.3 is 16.0 Å². The summed E-state index contributed by atoms with van der Waals surface area (Å²) < 4.78 is 0. The molecule has 1 aliphatic rings. The number of carbonyl (C=O) groups excluding carboxylic acids is 2. The van der Waals surface area contributed by atoms with E-state index >= 15 is 0 Å². The SMILES string of the molecule is CCCNC(=O)CN(C)C(=O)C1(N)CC1. The van der Waals surface area contributed by atoms with E-state index in [0.29, 0.717) is 6.54 Å². The summed E-state index contributed by atoms with van der Waals surface area (Å²) in [6.45, 7) is 2.72. The third-order valence-corrected chi connectivity index (χ3v) is 2.51. The Bertz CT molecular complexity index is 261. The van der Waals surface area contributed by atoms with Crippen molar-refractivity contribution in [2.75, 3.05) is 20.1 Å². The molecule has 1 aliphatic carbocycles. The maximum absolute atomic E-state index is 11.7. The summed E-state index contributed by atoms with van der Waals surface area (Å²) in [6, 6.07) is 0. The second-order valence-corrected chi connectivity index (χ2v) is 4.17. The molecule has 5 heteroatoms. The molecule has 0 aromatic heterocycles. The minimum atomic E-state index is -0.681. The third kappa shape index (κ3) is 3.20. The molecule has 0 aliphatic heterocycles. The van der Waals surface area contributed by atoms with Crippen molar-refractivity contribution in [2.45, 2.75) is 31.7 Å². The smallest absolute Gasteiger partial charge is 0.242 e. The van der Waals surface area contributed by atoms with Gasteiger partial charge in [0.15, 0.2) is 0 Å². The van der Waals surface area contributed by atoms with E-state index in [2.05, 4.69) is 5.32 Å². The second kappa shape index (κ2) is 4.61. The van der Waals surface area contributed by atoms with E-state index in [-0.39, 0.29) is 18.4 Å². The number of nitrogens with zero attached hydrogens (tertiary/aromatic N) is 1. The van der Waals surface area contributed by atoms with Crippen LogP contribution in [-0.2, 0) is 9.59 Å². The number of rotatable bonds is 5. The van der Waals surface area contributed by atoms with Crippen LogP contribution in [0.15, 0.2) is 0 Å². The lowest BCUT2D eigenvalue weighted by Crippen LogP contribution is -2.47. The van der Waals surface area contributed by atoms with Crippen molar-refractivity contribution in [3.8, 4) is 0 Å². The van der Waals surface area contributed by atoms with Crippen molar-refractivity contribution in [3.63, 3.8) is 0 Å². The molecule has 2 amide bonds. The zero-order chi connectivity index (χ0) is 11.5. The molecule has 1 fully saturated rings. The first-order valence-electron chi connectivity index (χ1n) is 5.31. The molecule has 3 N–H and O–H groups in total. The average Bonchev–Trinajstić information content (AvgIpc) is 2.93. The topological polar surface area (TPSA) is 75.4 Å². The van der Waals surface area contributed by atoms with Gasteiger partial charge in [-0.25, -0.2) is 0 Å². The van der Waals surface area contributed by atoms with Crippen LogP contribution in [0.1, 0.15) is 26.2 Å². The molecule has 0 spiro atoms. The lowest BCUT2D eigenvalue weighted by molar-refractivity contribution is -0.136. The van der Waals surface area contributed by atoms with E-state index in [4.69, 9.17) is 5.73 Å². The highest BCUT2D eigenvalue weighted by Gasteiger charge is 2.47. The molecule has 15 heavy (non-hydrogen) atoms. The predicted molar refractivity (Wildman–Crippen MR) is 57.1 cm³/mol. The Morgan fingerprint density at radius 1 is 1.47 bits per heavy atom. The Kier molecular flexibility index (Phi) is 3.68. The highest BCUT2D eigenvalue weighted by atomic mass is 16.2. The Morgan fingerprint density at radius 3 is 2.53 bits per heavy atom. The monoisotopic (exact) mass is 213 g/mol. The highest BCUT2D eigenvalue weighted by Crippen LogP contribution is 2.33. The Balaban J connectivity index is 2.31. The van der Waals surface area contributed by atoms with Gasteiger partial charge >= 0.3 is 0 Å². The molecule has 1 rings (SSSR count). The van der Waals surface area contributed by atoms with Gasteiger partial charge in [-0.15, -0.1) is 0 Å². The zero-order valence-electron chi connectivity index (χ0n) is 9.38. The van der Waals surface area contributed by atoms with Gasteiger partial charge in [0.05, 0.1) is 12.1 Å². The van der Waals surface area contributed by atoms with E-state index in [1.807, 2.05) is 6.92 Å². The molecule has 0 aromatic carbocycles. The Hall–Kier alpha value is -1.10. The van der Waals surface area contributed by atoms with E-state index in [1.165, 1.54) is 4.90 Å². The van der Waals surface area contributed by atoms with Gasteiger partial charge in [-0.2, -0.15) is 0 Å². The normalized spacial score (nSPS) is 17.0. The molecule has 0 atom stereocenters. The second-order valence-electron chi connectivity index (χ2n) is 4.17. The fraction of sp³-hybridized carbons (Fsp3) is 0.800. The van der Waals surface area contributed by atoms with Crippen LogP contribution < -0.4 is 11.1 Å². The third-order valence-electron chi connectivity index (χ3n) is 2.51. The average molecular weight is 213 g/mol. The van der Waals surface area contributed by atoms with E-state index in [0.717, 1.165) is 19.3 Å². The maximum atomic E-state index is 11.7. The molecular weight excluding hydrogens is 194 g/mol. The van der Waals surface area contributed by atoms with Crippen molar-refractivity contribution >= 4 is 11.8 Å². The summed E-state index contributed by atoms with van der Waals surface area (Å²) in [4.78, 5) is 24.4. The quantitative estimate of drug-likeness (QED) is 0.644. The fourth-order valence-electron chi connectivity index (χ4n) is 1.34. The van der Waals surface area contributed by atoms with Crippen LogP contribution in [0.4, 0.5) is 0 Å². The van der Waals surface area contributed by atoms with Crippen molar-refractivity contribution in [1.29, 1.82) is 0 Å². The van der Waals surface area contributed by atoms with Crippen molar-refractivity contribution in [1.82, 2.24) is 10.2 Å². The van der Waals surface area contributed by atoms with E-state index < -0.39 is 5.54 Å². The lowest BCUT2D eigenvalue weighted by atomic mass is 10.2. The Labute approximate surface area is 90.0 Å². The minimum absolute atomic E-state index is 0.0950. The molecule has 5 nitrogen and oxygen atoms in total. The molecule has 86 valence electrons. The zero-order valence-corrected chi connectivity index (χ0v) is 9.38. The molecule has 0 bridgehead atoms. The molecule has 0 radical (unpaired) electrons. The number of nitrogens with two attached hydrogens (primary N) is 1. The van der Waals surface area contributed by atoms with Crippen LogP contribution in [0, 0.1) is 0 Å². The number of nitrogens with one attached hydrogen (secondary N) is 1. The first-order chi connectivity index (χ1) is 6.99. The van der Waals surface area contributed by atoms with E-state index in [1.54, 1.807) is 7.05 Å². The molecule has 0 unspecified atom stereocenters. The van der Waals surface area contributed by atoms with Crippen LogP contribution in [0.3, 0.4) is 0 Å². The van der Waals surface area contributed by atoms with Gasteiger partial charge in [-0.05, 0) is 19.3 Å². The summed E-state index contributed by atoms with van der Waals surface area (Å²) in [6.07, 6.45) is 2.35. The number of hydrogen-bond acceptors (Lipinski definition) is 3. The number of amides is 2. The van der Waals surface area contributed by atoms with Crippen LogP contribution in [-0.4, -0.2) is 42.4 Å². The summed E-state index contributed by atoms with van der Waals surface area (Å²) in [5.74, 6) is -0.258. The molecular formula is C10H19N3O2. The van der Waals surface area contributed by atoms with Crippen LogP contribution >= 0.6 is 0 Å². The summed E-state index contributed by atoms with van der Waals surface area (Å²) in [5.41, 5.74) is 5.06.